The lowest BCUT2D eigenvalue weighted by Gasteiger charge is -2.17. The zero-order valence-electron chi connectivity index (χ0n) is 14.0. The molecule has 0 heterocycles. The molecule has 2 N–H and O–H groups in total. The van der Waals surface area contributed by atoms with Crippen molar-refractivity contribution in [2.75, 3.05) is 27.2 Å². The van der Waals surface area contributed by atoms with Gasteiger partial charge < -0.3 is 20.1 Å². The Balaban J connectivity index is 2.76. The van der Waals surface area contributed by atoms with E-state index >= 15 is 0 Å². The second-order valence-corrected chi connectivity index (χ2v) is 5.65. The summed E-state index contributed by atoms with van der Waals surface area (Å²) in [6.45, 7) is 3.16. The number of carbonyl (C=O) groups is 2. The number of carboxylic acids is 1. The van der Waals surface area contributed by atoms with Crippen LogP contribution in [0.25, 0.3) is 0 Å². The number of nitrogens with zero attached hydrogens (tertiary/aromatic N) is 1. The second-order valence-electron chi connectivity index (χ2n) is 5.65. The Hall–Kier alpha value is -2.08. The molecule has 0 aromatic heterocycles. The predicted octanol–water partition coefficient (Wildman–Crippen LogP) is 2.00. The number of rotatable bonds is 10. The quantitative estimate of drug-likeness (QED) is 0.689. The topological polar surface area (TPSA) is 78.9 Å². The van der Waals surface area contributed by atoms with E-state index in [1.54, 1.807) is 24.3 Å². The molecule has 1 rings (SSSR count). The molecule has 0 fully saturated rings. The summed E-state index contributed by atoms with van der Waals surface area (Å²) in [5, 5.41) is 11.8. The number of carbonyl (C=O) groups excluding carboxylic acids is 1. The third-order valence-electron chi connectivity index (χ3n) is 3.38. The number of hydrogen-bond donors (Lipinski definition) is 2. The van der Waals surface area contributed by atoms with Crippen molar-refractivity contribution < 1.29 is 19.4 Å². The van der Waals surface area contributed by atoms with Crippen LogP contribution in [0.1, 0.15) is 36.5 Å². The molecule has 0 spiro atoms. The maximum atomic E-state index is 12.4. The van der Waals surface area contributed by atoms with Gasteiger partial charge in [0.05, 0.1) is 5.56 Å². The Bertz CT molecular complexity index is 517. The Morgan fingerprint density at radius 3 is 2.61 bits per heavy atom. The van der Waals surface area contributed by atoms with Crippen molar-refractivity contribution in [2.24, 2.45) is 0 Å². The smallest absolute Gasteiger partial charge is 0.326 e. The van der Waals surface area contributed by atoms with Crippen molar-refractivity contribution in [3.05, 3.63) is 29.8 Å². The lowest BCUT2D eigenvalue weighted by atomic mass is 10.1. The number of hydrogen-bond acceptors (Lipinski definition) is 4. The molecule has 6 nitrogen and oxygen atoms in total. The third kappa shape index (κ3) is 6.69. The van der Waals surface area contributed by atoms with E-state index in [2.05, 4.69) is 5.32 Å². The number of unbranched alkanes of at least 4 members (excludes halogenated alkanes) is 1. The standard InChI is InChI=1S/C17H26N2O4/c1-4-5-9-14(17(21)22)18-16(20)13-8-6-7-10-15(13)23-12-11-19(2)3/h6-8,10,14H,4-5,9,11-12H2,1-3H3,(H,18,20)(H,21,22)/t14-/m0/s1. The van der Waals surface area contributed by atoms with Gasteiger partial charge in [0.25, 0.3) is 5.91 Å². The van der Waals surface area contributed by atoms with Crippen LogP contribution in [0.5, 0.6) is 5.75 Å². The second kappa shape index (κ2) is 9.84. The van der Waals surface area contributed by atoms with Gasteiger partial charge in [-0.2, -0.15) is 0 Å². The van der Waals surface area contributed by atoms with Gasteiger partial charge in [-0.1, -0.05) is 31.9 Å². The fourth-order valence-corrected chi connectivity index (χ4v) is 2.02. The van der Waals surface area contributed by atoms with Crippen LogP contribution in [0.4, 0.5) is 0 Å². The van der Waals surface area contributed by atoms with Gasteiger partial charge in [0.15, 0.2) is 0 Å². The molecule has 0 radical (unpaired) electrons. The molecule has 0 saturated heterocycles. The van der Waals surface area contributed by atoms with E-state index in [1.807, 2.05) is 25.9 Å². The number of aliphatic carboxylic acids is 1. The highest BCUT2D eigenvalue weighted by Crippen LogP contribution is 2.18. The summed E-state index contributed by atoms with van der Waals surface area (Å²) < 4.78 is 5.64. The first kappa shape index (κ1) is 19.0. The van der Waals surface area contributed by atoms with Crippen LogP contribution < -0.4 is 10.1 Å². The summed E-state index contributed by atoms with van der Waals surface area (Å²) in [6.07, 6.45) is 2.04. The number of carboxylic acid groups (broad SMARTS) is 1. The minimum atomic E-state index is -1.02. The zero-order chi connectivity index (χ0) is 17.2. The first-order chi connectivity index (χ1) is 11.0. The number of amides is 1. The van der Waals surface area contributed by atoms with Crippen LogP contribution in [-0.4, -0.2) is 55.2 Å². The van der Waals surface area contributed by atoms with E-state index in [0.29, 0.717) is 24.3 Å². The largest absolute Gasteiger partial charge is 0.491 e. The lowest BCUT2D eigenvalue weighted by Crippen LogP contribution is -2.40. The fraction of sp³-hybridized carbons (Fsp3) is 0.529. The summed E-state index contributed by atoms with van der Waals surface area (Å²) in [5.74, 6) is -0.974. The van der Waals surface area contributed by atoms with Gasteiger partial charge in [0.1, 0.15) is 18.4 Å². The van der Waals surface area contributed by atoms with Crippen molar-refractivity contribution in [2.45, 2.75) is 32.2 Å². The monoisotopic (exact) mass is 322 g/mol. The van der Waals surface area contributed by atoms with Crippen molar-refractivity contribution in [1.29, 1.82) is 0 Å². The Morgan fingerprint density at radius 1 is 1.30 bits per heavy atom. The maximum Gasteiger partial charge on any atom is 0.326 e. The van der Waals surface area contributed by atoms with Gasteiger partial charge in [-0.15, -0.1) is 0 Å². The summed E-state index contributed by atoms with van der Waals surface area (Å²) >= 11 is 0. The van der Waals surface area contributed by atoms with Crippen LogP contribution in [0.3, 0.4) is 0 Å². The fourth-order valence-electron chi connectivity index (χ4n) is 2.02. The predicted molar refractivity (Wildman–Crippen MR) is 88.9 cm³/mol. The van der Waals surface area contributed by atoms with Crippen molar-refractivity contribution in [1.82, 2.24) is 10.2 Å². The molecule has 0 aliphatic carbocycles. The third-order valence-corrected chi connectivity index (χ3v) is 3.38. The molecule has 0 saturated carbocycles. The van der Waals surface area contributed by atoms with Crippen molar-refractivity contribution in [3.63, 3.8) is 0 Å². The van der Waals surface area contributed by atoms with Gasteiger partial charge in [0.2, 0.25) is 0 Å². The molecule has 1 aromatic carbocycles. The van der Waals surface area contributed by atoms with Crippen LogP contribution >= 0.6 is 0 Å². The van der Waals surface area contributed by atoms with E-state index in [-0.39, 0.29) is 0 Å². The molecule has 0 aliphatic heterocycles. The molecule has 1 amide bonds. The Kier molecular flexibility index (Phi) is 8.11. The number of benzene rings is 1. The molecule has 0 bridgehead atoms. The molecule has 128 valence electrons. The SMILES string of the molecule is CCCC[C@H](NC(=O)c1ccccc1OCCN(C)C)C(=O)O. The van der Waals surface area contributed by atoms with Gasteiger partial charge in [-0.25, -0.2) is 4.79 Å². The number of ether oxygens (including phenoxy) is 1. The molecule has 6 heteroatoms. The average Bonchev–Trinajstić information content (AvgIpc) is 2.51. The minimum Gasteiger partial charge on any atom is -0.491 e. The summed E-state index contributed by atoms with van der Waals surface area (Å²) in [7, 11) is 3.88. The van der Waals surface area contributed by atoms with Gasteiger partial charge >= 0.3 is 5.97 Å². The van der Waals surface area contributed by atoms with E-state index in [9.17, 15) is 14.7 Å². The number of nitrogens with one attached hydrogen (secondary N) is 1. The van der Waals surface area contributed by atoms with E-state index in [4.69, 9.17) is 4.74 Å². The van der Waals surface area contributed by atoms with Gasteiger partial charge in [0, 0.05) is 6.54 Å². The molecule has 1 atom stereocenters. The van der Waals surface area contributed by atoms with Crippen LogP contribution in [0.2, 0.25) is 0 Å². The normalized spacial score (nSPS) is 12.0. The first-order valence-corrected chi connectivity index (χ1v) is 7.86. The zero-order valence-corrected chi connectivity index (χ0v) is 14.0. The van der Waals surface area contributed by atoms with E-state index in [1.165, 1.54) is 0 Å². The summed E-state index contributed by atoms with van der Waals surface area (Å²) in [6, 6.07) is 5.99. The van der Waals surface area contributed by atoms with E-state index in [0.717, 1.165) is 19.4 Å². The highest BCUT2D eigenvalue weighted by atomic mass is 16.5. The molecule has 1 aromatic rings. The lowest BCUT2D eigenvalue weighted by molar-refractivity contribution is -0.139. The Morgan fingerprint density at radius 2 is 2.00 bits per heavy atom. The molecular weight excluding hydrogens is 296 g/mol. The molecule has 23 heavy (non-hydrogen) atoms. The highest BCUT2D eigenvalue weighted by molar-refractivity contribution is 5.98. The van der Waals surface area contributed by atoms with Crippen molar-refractivity contribution >= 4 is 11.9 Å². The molecule has 0 unspecified atom stereocenters. The summed E-state index contributed by atoms with van der Waals surface area (Å²) in [5.41, 5.74) is 0.356. The molecular formula is C17H26N2O4. The van der Waals surface area contributed by atoms with Crippen LogP contribution in [0, 0.1) is 0 Å². The van der Waals surface area contributed by atoms with Gasteiger partial charge in [-0.3, -0.25) is 4.79 Å². The summed E-state index contributed by atoms with van der Waals surface area (Å²) in [4.78, 5) is 25.6. The van der Waals surface area contributed by atoms with Crippen molar-refractivity contribution in [3.8, 4) is 5.75 Å². The number of para-hydroxylation sites is 1. The highest BCUT2D eigenvalue weighted by Gasteiger charge is 2.21. The maximum absolute atomic E-state index is 12.4. The van der Waals surface area contributed by atoms with Gasteiger partial charge in [-0.05, 0) is 32.6 Å². The number of likely N-dealkylation sites (N-methyl/N-ethyl adjacent to an activating group) is 1. The minimum absolute atomic E-state index is 0.356. The average molecular weight is 322 g/mol. The van der Waals surface area contributed by atoms with E-state index < -0.39 is 17.9 Å². The van der Waals surface area contributed by atoms with Crippen LogP contribution in [0.15, 0.2) is 24.3 Å². The Labute approximate surface area is 137 Å². The molecule has 0 aliphatic rings. The van der Waals surface area contributed by atoms with Crippen LogP contribution in [-0.2, 0) is 4.79 Å². The first-order valence-electron chi connectivity index (χ1n) is 7.86.